The van der Waals surface area contributed by atoms with E-state index in [9.17, 15) is 9.59 Å². The Labute approximate surface area is 100 Å². The maximum Gasteiger partial charge on any atom is 0.303 e. The zero-order valence-electron chi connectivity index (χ0n) is 9.80. The highest BCUT2D eigenvalue weighted by Crippen LogP contribution is 2.14. The fourth-order valence-electron chi connectivity index (χ4n) is 1.86. The van der Waals surface area contributed by atoms with Crippen molar-refractivity contribution in [1.29, 1.82) is 0 Å². The Bertz CT molecular complexity index is 261. The highest BCUT2D eigenvalue weighted by atomic mass is 16.5. The fourth-order valence-corrected chi connectivity index (χ4v) is 1.86. The van der Waals surface area contributed by atoms with Crippen LogP contribution in [0, 0.1) is 0 Å². The van der Waals surface area contributed by atoms with E-state index in [1.54, 1.807) is 4.90 Å². The Hall–Kier alpha value is -1.14. The van der Waals surface area contributed by atoms with Gasteiger partial charge >= 0.3 is 5.97 Å². The highest BCUT2D eigenvalue weighted by molar-refractivity contribution is 5.80. The first kappa shape index (κ1) is 13.9. The molecule has 0 spiro atoms. The van der Waals surface area contributed by atoms with Crippen molar-refractivity contribution >= 4 is 11.9 Å². The topological polar surface area (TPSA) is 87.1 Å². The summed E-state index contributed by atoms with van der Waals surface area (Å²) in [4.78, 5) is 23.6. The molecule has 0 radical (unpaired) electrons. The van der Waals surface area contributed by atoms with Crippen molar-refractivity contribution in [2.45, 2.75) is 31.8 Å². The standard InChI is InChI=1S/C11H19NO5/c13-7-8-17-9-3-5-12(6-4-9)10(14)1-2-11(15)16/h9,13H,1-8H2,(H,15,16). The molecule has 2 N–H and O–H groups in total. The molecule has 0 aromatic rings. The number of hydrogen-bond donors (Lipinski definition) is 2. The van der Waals surface area contributed by atoms with Gasteiger partial charge in [0.2, 0.25) is 5.91 Å². The summed E-state index contributed by atoms with van der Waals surface area (Å²) in [6.07, 6.45) is 1.56. The van der Waals surface area contributed by atoms with Gasteiger partial charge in [-0.05, 0) is 12.8 Å². The number of ether oxygens (including phenoxy) is 1. The van der Waals surface area contributed by atoms with Crippen LogP contribution in [0.1, 0.15) is 25.7 Å². The smallest absolute Gasteiger partial charge is 0.303 e. The third-order valence-corrected chi connectivity index (χ3v) is 2.79. The van der Waals surface area contributed by atoms with E-state index in [1.165, 1.54) is 0 Å². The molecule has 0 aliphatic carbocycles. The van der Waals surface area contributed by atoms with Gasteiger partial charge in [0, 0.05) is 19.5 Å². The lowest BCUT2D eigenvalue weighted by molar-refractivity contribution is -0.141. The summed E-state index contributed by atoms with van der Waals surface area (Å²) in [5, 5.41) is 17.1. The summed E-state index contributed by atoms with van der Waals surface area (Å²) in [6.45, 7) is 1.55. The summed E-state index contributed by atoms with van der Waals surface area (Å²) in [5.74, 6) is -1.05. The average Bonchev–Trinajstić information content (AvgIpc) is 2.34. The zero-order valence-corrected chi connectivity index (χ0v) is 9.80. The molecular formula is C11H19NO5. The second-order valence-electron chi connectivity index (χ2n) is 4.07. The molecule has 0 aromatic carbocycles. The molecule has 1 aliphatic rings. The number of aliphatic hydroxyl groups excluding tert-OH is 1. The third kappa shape index (κ3) is 5.14. The SMILES string of the molecule is O=C(O)CCC(=O)N1CCC(OCCO)CC1. The second-order valence-corrected chi connectivity index (χ2v) is 4.07. The van der Waals surface area contributed by atoms with Gasteiger partial charge in [-0.3, -0.25) is 9.59 Å². The number of aliphatic hydroxyl groups is 1. The van der Waals surface area contributed by atoms with Crippen molar-refractivity contribution in [2.24, 2.45) is 0 Å². The van der Waals surface area contributed by atoms with Crippen molar-refractivity contribution in [2.75, 3.05) is 26.3 Å². The van der Waals surface area contributed by atoms with Gasteiger partial charge in [0.05, 0.1) is 25.7 Å². The molecule has 0 saturated carbocycles. The molecule has 17 heavy (non-hydrogen) atoms. The van der Waals surface area contributed by atoms with Crippen LogP contribution in [0.5, 0.6) is 0 Å². The fraction of sp³-hybridized carbons (Fsp3) is 0.818. The third-order valence-electron chi connectivity index (χ3n) is 2.79. The van der Waals surface area contributed by atoms with E-state index in [1.807, 2.05) is 0 Å². The van der Waals surface area contributed by atoms with Crippen LogP contribution in [0.25, 0.3) is 0 Å². The second kappa shape index (κ2) is 7.24. The quantitative estimate of drug-likeness (QED) is 0.679. The molecule has 1 aliphatic heterocycles. The predicted molar refractivity (Wildman–Crippen MR) is 59.5 cm³/mol. The number of carboxylic acid groups (broad SMARTS) is 1. The van der Waals surface area contributed by atoms with E-state index >= 15 is 0 Å². The number of carbonyl (C=O) groups excluding carboxylic acids is 1. The lowest BCUT2D eigenvalue weighted by atomic mass is 10.1. The molecule has 1 saturated heterocycles. The molecule has 98 valence electrons. The Balaban J connectivity index is 2.21. The van der Waals surface area contributed by atoms with E-state index in [2.05, 4.69) is 0 Å². The van der Waals surface area contributed by atoms with Crippen LogP contribution in [0.2, 0.25) is 0 Å². The maximum atomic E-state index is 11.6. The number of likely N-dealkylation sites (tertiary alicyclic amines) is 1. The van der Waals surface area contributed by atoms with Crippen LogP contribution < -0.4 is 0 Å². The Morgan fingerprint density at radius 1 is 1.24 bits per heavy atom. The molecule has 0 bridgehead atoms. The Morgan fingerprint density at radius 2 is 1.88 bits per heavy atom. The molecule has 0 atom stereocenters. The van der Waals surface area contributed by atoms with Gasteiger partial charge in [-0.15, -0.1) is 0 Å². The van der Waals surface area contributed by atoms with Gasteiger partial charge < -0.3 is 19.8 Å². The molecule has 0 unspecified atom stereocenters. The number of aliphatic carboxylic acids is 1. The van der Waals surface area contributed by atoms with Crippen molar-refractivity contribution in [1.82, 2.24) is 4.90 Å². The summed E-state index contributed by atoms with van der Waals surface area (Å²) in [5.41, 5.74) is 0. The number of nitrogens with zero attached hydrogens (tertiary/aromatic N) is 1. The van der Waals surface area contributed by atoms with Crippen LogP contribution >= 0.6 is 0 Å². The number of carboxylic acids is 1. The largest absolute Gasteiger partial charge is 0.481 e. The summed E-state index contributed by atoms with van der Waals surface area (Å²) < 4.78 is 5.38. The van der Waals surface area contributed by atoms with Gasteiger partial charge in [0.25, 0.3) is 0 Å². The molecule has 1 heterocycles. The molecule has 0 aromatic heterocycles. The van der Waals surface area contributed by atoms with E-state index in [0.29, 0.717) is 19.7 Å². The molecule has 1 amide bonds. The van der Waals surface area contributed by atoms with Crippen molar-refractivity contribution in [3.63, 3.8) is 0 Å². The van der Waals surface area contributed by atoms with Gasteiger partial charge in [-0.1, -0.05) is 0 Å². The first-order valence-electron chi connectivity index (χ1n) is 5.85. The first-order chi connectivity index (χ1) is 8.13. The minimum atomic E-state index is -0.945. The number of rotatable bonds is 6. The van der Waals surface area contributed by atoms with Crippen molar-refractivity contribution < 1.29 is 24.5 Å². The van der Waals surface area contributed by atoms with Crippen LogP contribution in [0.4, 0.5) is 0 Å². The summed E-state index contributed by atoms with van der Waals surface area (Å²) in [6, 6.07) is 0. The minimum Gasteiger partial charge on any atom is -0.481 e. The molecular weight excluding hydrogens is 226 g/mol. The Kier molecular flexibility index (Phi) is 5.93. The van der Waals surface area contributed by atoms with Gasteiger partial charge in [0.1, 0.15) is 0 Å². The van der Waals surface area contributed by atoms with Gasteiger partial charge in [-0.2, -0.15) is 0 Å². The average molecular weight is 245 g/mol. The van der Waals surface area contributed by atoms with E-state index in [0.717, 1.165) is 12.8 Å². The monoisotopic (exact) mass is 245 g/mol. The van der Waals surface area contributed by atoms with Gasteiger partial charge in [0.15, 0.2) is 0 Å². The van der Waals surface area contributed by atoms with Crippen LogP contribution in [0.3, 0.4) is 0 Å². The predicted octanol–water partition coefficient (Wildman–Crippen LogP) is -0.149. The first-order valence-corrected chi connectivity index (χ1v) is 5.85. The van der Waals surface area contributed by atoms with Crippen molar-refractivity contribution in [3.8, 4) is 0 Å². The normalized spacial score (nSPS) is 17.1. The number of piperidine rings is 1. The zero-order chi connectivity index (χ0) is 12.7. The molecule has 1 rings (SSSR count). The molecule has 1 fully saturated rings. The maximum absolute atomic E-state index is 11.6. The van der Waals surface area contributed by atoms with E-state index in [-0.39, 0.29) is 31.5 Å². The molecule has 6 nitrogen and oxygen atoms in total. The van der Waals surface area contributed by atoms with E-state index in [4.69, 9.17) is 14.9 Å². The Morgan fingerprint density at radius 3 is 2.41 bits per heavy atom. The van der Waals surface area contributed by atoms with Crippen LogP contribution in [0.15, 0.2) is 0 Å². The van der Waals surface area contributed by atoms with Crippen LogP contribution in [-0.2, 0) is 14.3 Å². The lowest BCUT2D eigenvalue weighted by Gasteiger charge is -2.31. The number of carbonyl (C=O) groups is 2. The molecule has 6 heteroatoms. The number of hydrogen-bond acceptors (Lipinski definition) is 4. The lowest BCUT2D eigenvalue weighted by Crippen LogP contribution is -2.41. The van der Waals surface area contributed by atoms with E-state index < -0.39 is 5.97 Å². The summed E-state index contributed by atoms with van der Waals surface area (Å²) >= 11 is 0. The number of amides is 1. The van der Waals surface area contributed by atoms with Crippen molar-refractivity contribution in [3.05, 3.63) is 0 Å². The summed E-state index contributed by atoms with van der Waals surface area (Å²) in [7, 11) is 0. The minimum absolute atomic E-state index is 0.0117. The van der Waals surface area contributed by atoms with Gasteiger partial charge in [-0.25, -0.2) is 0 Å². The highest BCUT2D eigenvalue weighted by Gasteiger charge is 2.23. The van der Waals surface area contributed by atoms with Crippen LogP contribution in [-0.4, -0.2) is 59.4 Å².